The minimum absolute atomic E-state index is 0.0255. The molecule has 0 bridgehead atoms. The standard InChI is InChI=1S/C16H31NO5S/c1-12(2)23(20,21)9-8-16(11-18,13-6-7-13)10-17-14(19)22-15(3,4)5/h12-13,18H,6-11H2,1-5H3,(H,17,19). The molecule has 1 rings (SSSR count). The number of carbonyl (C=O) groups excluding carboxylic acids is 1. The van der Waals surface area contributed by atoms with Gasteiger partial charge in [-0.15, -0.1) is 0 Å². The number of hydrogen-bond acceptors (Lipinski definition) is 5. The first-order valence-corrected chi connectivity index (χ1v) is 9.93. The second-order valence-corrected chi connectivity index (χ2v) is 10.5. The zero-order valence-corrected chi connectivity index (χ0v) is 15.7. The van der Waals surface area contributed by atoms with E-state index in [0.29, 0.717) is 6.42 Å². The van der Waals surface area contributed by atoms with Gasteiger partial charge in [0.05, 0.1) is 17.6 Å². The number of aliphatic hydroxyl groups is 1. The Kier molecular flexibility index (Phi) is 6.49. The van der Waals surface area contributed by atoms with Gasteiger partial charge in [-0.3, -0.25) is 0 Å². The van der Waals surface area contributed by atoms with Crippen LogP contribution in [0.15, 0.2) is 0 Å². The first kappa shape index (κ1) is 20.2. The topological polar surface area (TPSA) is 92.7 Å². The molecule has 0 heterocycles. The van der Waals surface area contributed by atoms with Crippen molar-refractivity contribution in [1.29, 1.82) is 0 Å². The van der Waals surface area contributed by atoms with E-state index in [1.54, 1.807) is 34.6 Å². The van der Waals surface area contributed by atoms with Gasteiger partial charge in [0, 0.05) is 12.0 Å². The van der Waals surface area contributed by atoms with E-state index < -0.39 is 32.2 Å². The first-order chi connectivity index (χ1) is 10.4. The number of ether oxygens (including phenoxy) is 1. The Hall–Kier alpha value is -0.820. The van der Waals surface area contributed by atoms with Gasteiger partial charge < -0.3 is 15.2 Å². The van der Waals surface area contributed by atoms with Crippen molar-refractivity contribution in [2.75, 3.05) is 18.9 Å². The molecule has 1 amide bonds. The van der Waals surface area contributed by atoms with Crippen molar-refractivity contribution in [1.82, 2.24) is 5.32 Å². The summed E-state index contributed by atoms with van der Waals surface area (Å²) in [4.78, 5) is 11.8. The molecular weight excluding hydrogens is 318 g/mol. The van der Waals surface area contributed by atoms with Crippen molar-refractivity contribution < 1.29 is 23.1 Å². The second kappa shape index (κ2) is 7.38. The Morgan fingerprint density at radius 1 is 1.30 bits per heavy atom. The van der Waals surface area contributed by atoms with Gasteiger partial charge in [-0.2, -0.15) is 0 Å². The van der Waals surface area contributed by atoms with Crippen molar-refractivity contribution >= 4 is 15.9 Å². The Balaban J connectivity index is 2.70. The molecule has 6 nitrogen and oxygen atoms in total. The molecule has 7 heteroatoms. The maximum absolute atomic E-state index is 12.1. The summed E-state index contributed by atoms with van der Waals surface area (Å²) in [5.41, 5.74) is -1.18. The molecule has 1 atom stereocenters. The molecule has 2 N–H and O–H groups in total. The first-order valence-electron chi connectivity index (χ1n) is 8.21. The highest BCUT2D eigenvalue weighted by molar-refractivity contribution is 7.91. The molecule has 0 radical (unpaired) electrons. The monoisotopic (exact) mass is 349 g/mol. The maximum Gasteiger partial charge on any atom is 0.407 e. The van der Waals surface area contributed by atoms with Crippen LogP contribution in [0, 0.1) is 11.3 Å². The van der Waals surface area contributed by atoms with E-state index in [9.17, 15) is 18.3 Å². The number of nitrogens with one attached hydrogen (secondary N) is 1. The van der Waals surface area contributed by atoms with E-state index in [1.165, 1.54) is 0 Å². The van der Waals surface area contributed by atoms with Crippen LogP contribution in [0.3, 0.4) is 0 Å². The lowest BCUT2D eigenvalue weighted by Crippen LogP contribution is -2.44. The number of aliphatic hydroxyl groups excluding tert-OH is 1. The molecule has 23 heavy (non-hydrogen) atoms. The van der Waals surface area contributed by atoms with Crippen molar-refractivity contribution in [2.24, 2.45) is 11.3 Å². The molecule has 0 aromatic rings. The van der Waals surface area contributed by atoms with E-state index in [2.05, 4.69) is 5.32 Å². The zero-order chi connectivity index (χ0) is 17.9. The average Bonchev–Trinajstić information content (AvgIpc) is 3.22. The van der Waals surface area contributed by atoms with E-state index in [0.717, 1.165) is 12.8 Å². The summed E-state index contributed by atoms with van der Waals surface area (Å²) < 4.78 is 29.3. The molecule has 1 aliphatic carbocycles. The normalized spacial score (nSPS) is 18.6. The molecule has 0 saturated heterocycles. The number of hydrogen-bond donors (Lipinski definition) is 2. The fraction of sp³-hybridized carbons (Fsp3) is 0.938. The molecule has 0 aliphatic heterocycles. The van der Waals surface area contributed by atoms with Crippen LogP contribution in [0.2, 0.25) is 0 Å². The largest absolute Gasteiger partial charge is 0.444 e. The third kappa shape index (κ3) is 6.30. The van der Waals surface area contributed by atoms with E-state index in [4.69, 9.17) is 4.74 Å². The zero-order valence-electron chi connectivity index (χ0n) is 14.9. The highest BCUT2D eigenvalue weighted by atomic mass is 32.2. The summed E-state index contributed by atoms with van der Waals surface area (Å²) in [7, 11) is -3.17. The molecule has 0 aromatic carbocycles. The highest BCUT2D eigenvalue weighted by Crippen LogP contribution is 2.47. The smallest absolute Gasteiger partial charge is 0.407 e. The molecule has 1 aliphatic rings. The van der Waals surface area contributed by atoms with Crippen LogP contribution in [-0.4, -0.2) is 49.4 Å². The number of carbonyl (C=O) groups is 1. The lowest BCUT2D eigenvalue weighted by atomic mass is 9.80. The minimum Gasteiger partial charge on any atom is -0.444 e. The summed E-state index contributed by atoms with van der Waals surface area (Å²) in [6.07, 6.45) is 1.73. The van der Waals surface area contributed by atoms with Crippen molar-refractivity contribution in [2.45, 2.75) is 64.7 Å². The summed E-state index contributed by atoms with van der Waals surface area (Å²) >= 11 is 0. The number of alkyl carbamates (subject to hydrolysis) is 1. The summed E-state index contributed by atoms with van der Waals surface area (Å²) in [6.45, 7) is 8.75. The lowest BCUT2D eigenvalue weighted by Gasteiger charge is -2.33. The molecule has 0 spiro atoms. The Bertz CT molecular complexity index is 505. The number of amides is 1. The quantitative estimate of drug-likeness (QED) is 0.700. The van der Waals surface area contributed by atoms with Gasteiger partial charge in [-0.1, -0.05) is 0 Å². The predicted molar refractivity (Wildman–Crippen MR) is 90.0 cm³/mol. The van der Waals surface area contributed by atoms with E-state index in [-0.39, 0.29) is 24.8 Å². The fourth-order valence-corrected chi connectivity index (χ4v) is 3.70. The number of sulfone groups is 1. The SMILES string of the molecule is CC(C)S(=O)(=O)CCC(CO)(CNC(=O)OC(C)(C)C)C1CC1. The molecule has 1 fully saturated rings. The van der Waals surface area contributed by atoms with Gasteiger partial charge in [0.15, 0.2) is 9.84 Å². The fourth-order valence-electron chi connectivity index (χ4n) is 2.54. The van der Waals surface area contributed by atoms with Crippen molar-refractivity contribution in [3.8, 4) is 0 Å². The van der Waals surface area contributed by atoms with E-state index >= 15 is 0 Å². The predicted octanol–water partition coefficient (Wildman–Crippen LogP) is 2.11. The van der Waals surface area contributed by atoms with Gasteiger partial charge in [0.2, 0.25) is 0 Å². The molecule has 0 aromatic heterocycles. The third-order valence-electron chi connectivity index (χ3n) is 4.34. The molecule has 136 valence electrons. The highest BCUT2D eigenvalue weighted by Gasteiger charge is 2.45. The van der Waals surface area contributed by atoms with E-state index in [1.807, 2.05) is 0 Å². The summed E-state index contributed by atoms with van der Waals surface area (Å²) in [6, 6.07) is 0. The van der Waals surface area contributed by atoms with Crippen LogP contribution in [-0.2, 0) is 14.6 Å². The Labute approximate surface area is 139 Å². The van der Waals surface area contributed by atoms with Crippen LogP contribution < -0.4 is 5.32 Å². The van der Waals surface area contributed by atoms with Crippen LogP contribution in [0.5, 0.6) is 0 Å². The molecule has 1 saturated carbocycles. The van der Waals surface area contributed by atoms with Crippen LogP contribution >= 0.6 is 0 Å². The van der Waals surface area contributed by atoms with Gasteiger partial charge in [-0.25, -0.2) is 13.2 Å². The number of rotatable bonds is 8. The summed E-state index contributed by atoms with van der Waals surface area (Å²) in [5, 5.41) is 12.1. The second-order valence-electron chi connectivity index (χ2n) is 7.82. The summed E-state index contributed by atoms with van der Waals surface area (Å²) in [5.74, 6) is 0.280. The molecular formula is C16H31NO5S. The third-order valence-corrected chi connectivity index (χ3v) is 6.55. The van der Waals surface area contributed by atoms with Crippen molar-refractivity contribution in [3.63, 3.8) is 0 Å². The average molecular weight is 349 g/mol. The van der Waals surface area contributed by atoms with Gasteiger partial charge >= 0.3 is 6.09 Å². The Morgan fingerprint density at radius 2 is 1.87 bits per heavy atom. The van der Waals surface area contributed by atoms with Crippen LogP contribution in [0.4, 0.5) is 4.79 Å². The van der Waals surface area contributed by atoms with Crippen LogP contribution in [0.25, 0.3) is 0 Å². The van der Waals surface area contributed by atoms with Gasteiger partial charge in [0.25, 0.3) is 0 Å². The van der Waals surface area contributed by atoms with Gasteiger partial charge in [-0.05, 0) is 59.8 Å². The molecule has 1 unspecified atom stereocenters. The lowest BCUT2D eigenvalue weighted by molar-refractivity contribution is 0.0435. The maximum atomic E-state index is 12.1. The van der Waals surface area contributed by atoms with Crippen LogP contribution in [0.1, 0.15) is 53.9 Å². The van der Waals surface area contributed by atoms with Crippen molar-refractivity contribution in [3.05, 3.63) is 0 Å². The Morgan fingerprint density at radius 3 is 2.26 bits per heavy atom. The van der Waals surface area contributed by atoms with Gasteiger partial charge in [0.1, 0.15) is 5.60 Å². The minimum atomic E-state index is -3.17.